The van der Waals surface area contributed by atoms with Gasteiger partial charge in [-0.3, -0.25) is 14.6 Å². The van der Waals surface area contributed by atoms with Gasteiger partial charge >= 0.3 is 0 Å². The van der Waals surface area contributed by atoms with Crippen LogP contribution in [0.1, 0.15) is 9.67 Å². The van der Waals surface area contributed by atoms with Crippen molar-refractivity contribution in [2.24, 2.45) is 0 Å². The number of carbonyl (C=O) groups is 2. The second-order valence-corrected chi connectivity index (χ2v) is 6.27. The molecule has 3 aromatic rings. The Morgan fingerprint density at radius 3 is 2.74 bits per heavy atom. The summed E-state index contributed by atoms with van der Waals surface area (Å²) in [5.41, 5.74) is 1.45. The van der Waals surface area contributed by atoms with Crippen LogP contribution in [0.4, 0.5) is 5.13 Å². The molecule has 0 saturated heterocycles. The van der Waals surface area contributed by atoms with Gasteiger partial charge in [0.05, 0.1) is 17.1 Å². The zero-order valence-electron chi connectivity index (χ0n) is 11.9. The number of aromatic nitrogens is 2. The van der Waals surface area contributed by atoms with E-state index in [1.54, 1.807) is 18.3 Å². The Balaban J connectivity index is 1.54. The molecule has 23 heavy (non-hydrogen) atoms. The van der Waals surface area contributed by atoms with Crippen LogP contribution in [0.2, 0.25) is 0 Å². The summed E-state index contributed by atoms with van der Waals surface area (Å²) in [5.74, 6) is -0.583. The number of thiophene rings is 1. The Hall–Kier alpha value is -2.58. The topological polar surface area (TPSA) is 84.0 Å². The SMILES string of the molecule is O=C(CNC(=O)c1cccs1)Nc1nc(-c2ccccn2)cs1. The largest absolute Gasteiger partial charge is 0.342 e. The van der Waals surface area contributed by atoms with Crippen LogP contribution in [0.15, 0.2) is 47.3 Å². The summed E-state index contributed by atoms with van der Waals surface area (Å²) in [7, 11) is 0. The Kier molecular flexibility index (Phi) is 4.74. The third-order valence-electron chi connectivity index (χ3n) is 2.83. The molecule has 0 spiro atoms. The van der Waals surface area contributed by atoms with E-state index in [-0.39, 0.29) is 18.4 Å². The molecule has 3 aromatic heterocycles. The minimum atomic E-state index is -0.322. The highest BCUT2D eigenvalue weighted by Crippen LogP contribution is 2.22. The van der Waals surface area contributed by atoms with Crippen molar-refractivity contribution in [1.82, 2.24) is 15.3 Å². The third-order valence-corrected chi connectivity index (χ3v) is 4.46. The van der Waals surface area contributed by atoms with Gasteiger partial charge in [-0.15, -0.1) is 22.7 Å². The van der Waals surface area contributed by atoms with Gasteiger partial charge in [-0.1, -0.05) is 12.1 Å². The van der Waals surface area contributed by atoms with Crippen LogP contribution in [-0.2, 0) is 4.79 Å². The molecule has 8 heteroatoms. The van der Waals surface area contributed by atoms with Crippen LogP contribution in [0.5, 0.6) is 0 Å². The van der Waals surface area contributed by atoms with Crippen molar-refractivity contribution in [1.29, 1.82) is 0 Å². The van der Waals surface area contributed by atoms with Gasteiger partial charge in [-0.05, 0) is 23.6 Å². The lowest BCUT2D eigenvalue weighted by molar-refractivity contribution is -0.115. The summed E-state index contributed by atoms with van der Waals surface area (Å²) in [4.78, 5) is 32.7. The Bertz CT molecular complexity index is 800. The zero-order valence-corrected chi connectivity index (χ0v) is 13.5. The van der Waals surface area contributed by atoms with E-state index in [0.29, 0.717) is 15.7 Å². The van der Waals surface area contributed by atoms with Crippen LogP contribution in [0, 0.1) is 0 Å². The van der Waals surface area contributed by atoms with E-state index in [0.717, 1.165) is 5.69 Å². The molecule has 3 rings (SSSR count). The van der Waals surface area contributed by atoms with Gasteiger partial charge in [0.15, 0.2) is 5.13 Å². The summed E-state index contributed by atoms with van der Waals surface area (Å²) >= 11 is 2.64. The first-order valence-corrected chi connectivity index (χ1v) is 8.47. The fourth-order valence-corrected chi connectivity index (χ4v) is 3.14. The third kappa shape index (κ3) is 3.99. The number of nitrogens with zero attached hydrogens (tertiary/aromatic N) is 2. The van der Waals surface area contributed by atoms with Crippen molar-refractivity contribution in [2.75, 3.05) is 11.9 Å². The Morgan fingerprint density at radius 1 is 1.09 bits per heavy atom. The predicted molar refractivity (Wildman–Crippen MR) is 90.6 cm³/mol. The minimum Gasteiger partial charge on any atom is -0.342 e. The number of nitrogens with one attached hydrogen (secondary N) is 2. The molecule has 6 nitrogen and oxygen atoms in total. The van der Waals surface area contributed by atoms with E-state index in [2.05, 4.69) is 20.6 Å². The second kappa shape index (κ2) is 7.12. The summed E-state index contributed by atoms with van der Waals surface area (Å²) < 4.78 is 0. The average Bonchev–Trinajstić information content (AvgIpc) is 3.25. The minimum absolute atomic E-state index is 0.102. The maximum Gasteiger partial charge on any atom is 0.261 e. The first kappa shape index (κ1) is 15.3. The standard InChI is InChI=1S/C15H12N4O2S2/c20-13(8-17-14(21)12-5-3-7-22-12)19-15-18-11(9-23-15)10-4-1-2-6-16-10/h1-7,9H,8H2,(H,17,21)(H,18,19,20). The van der Waals surface area contributed by atoms with Gasteiger partial charge < -0.3 is 10.6 Å². The highest BCUT2D eigenvalue weighted by Gasteiger charge is 2.11. The van der Waals surface area contributed by atoms with Crippen molar-refractivity contribution in [2.45, 2.75) is 0 Å². The van der Waals surface area contributed by atoms with E-state index >= 15 is 0 Å². The van der Waals surface area contributed by atoms with Gasteiger partial charge in [0, 0.05) is 11.6 Å². The predicted octanol–water partition coefficient (Wildman–Crippen LogP) is 2.64. The Morgan fingerprint density at radius 2 is 2.00 bits per heavy atom. The highest BCUT2D eigenvalue weighted by atomic mass is 32.1. The van der Waals surface area contributed by atoms with E-state index in [9.17, 15) is 9.59 Å². The lowest BCUT2D eigenvalue weighted by Crippen LogP contribution is -2.32. The smallest absolute Gasteiger partial charge is 0.261 e. The molecular weight excluding hydrogens is 332 g/mol. The highest BCUT2D eigenvalue weighted by molar-refractivity contribution is 7.14. The van der Waals surface area contributed by atoms with E-state index in [1.165, 1.54) is 22.7 Å². The number of pyridine rings is 1. The molecule has 116 valence electrons. The normalized spacial score (nSPS) is 10.3. The van der Waals surface area contributed by atoms with E-state index < -0.39 is 0 Å². The molecule has 2 N–H and O–H groups in total. The lowest BCUT2D eigenvalue weighted by Gasteiger charge is -2.03. The molecule has 3 heterocycles. The van der Waals surface area contributed by atoms with Crippen molar-refractivity contribution in [3.63, 3.8) is 0 Å². The summed E-state index contributed by atoms with van der Waals surface area (Å²) in [6.45, 7) is -0.102. The maximum absolute atomic E-state index is 11.9. The number of hydrogen-bond donors (Lipinski definition) is 2. The molecule has 0 aromatic carbocycles. The molecule has 0 aliphatic heterocycles. The number of thiazole rings is 1. The van der Waals surface area contributed by atoms with Gasteiger partial charge in [-0.25, -0.2) is 4.98 Å². The number of rotatable bonds is 5. The fraction of sp³-hybridized carbons (Fsp3) is 0.0667. The number of anilines is 1. The zero-order chi connectivity index (χ0) is 16.1. The monoisotopic (exact) mass is 344 g/mol. The van der Waals surface area contributed by atoms with Gasteiger partial charge in [-0.2, -0.15) is 0 Å². The summed E-state index contributed by atoms with van der Waals surface area (Å²) in [6, 6.07) is 9.04. The number of hydrogen-bond acceptors (Lipinski definition) is 6. The van der Waals surface area contributed by atoms with E-state index in [1.807, 2.05) is 29.0 Å². The molecule has 0 saturated carbocycles. The first-order valence-electron chi connectivity index (χ1n) is 6.71. The van der Waals surface area contributed by atoms with Crippen LogP contribution in [0.25, 0.3) is 11.4 Å². The van der Waals surface area contributed by atoms with Crippen LogP contribution in [-0.4, -0.2) is 28.3 Å². The van der Waals surface area contributed by atoms with Crippen molar-refractivity contribution in [3.05, 3.63) is 52.2 Å². The molecular formula is C15H12N4O2S2. The van der Waals surface area contributed by atoms with Crippen molar-refractivity contribution < 1.29 is 9.59 Å². The summed E-state index contributed by atoms with van der Waals surface area (Å²) in [6.07, 6.45) is 1.69. The molecule has 0 fully saturated rings. The van der Waals surface area contributed by atoms with Crippen molar-refractivity contribution >= 4 is 39.6 Å². The molecule has 2 amide bonds. The van der Waals surface area contributed by atoms with Crippen LogP contribution >= 0.6 is 22.7 Å². The van der Waals surface area contributed by atoms with Gasteiger partial charge in [0.2, 0.25) is 5.91 Å². The number of carbonyl (C=O) groups excluding carboxylic acids is 2. The fourth-order valence-electron chi connectivity index (χ4n) is 1.78. The molecule has 0 bridgehead atoms. The molecule has 0 unspecified atom stereocenters. The van der Waals surface area contributed by atoms with Crippen LogP contribution < -0.4 is 10.6 Å². The van der Waals surface area contributed by atoms with Gasteiger partial charge in [0.1, 0.15) is 5.69 Å². The van der Waals surface area contributed by atoms with Gasteiger partial charge in [0.25, 0.3) is 5.91 Å². The van der Waals surface area contributed by atoms with Crippen molar-refractivity contribution in [3.8, 4) is 11.4 Å². The maximum atomic E-state index is 11.9. The summed E-state index contributed by atoms with van der Waals surface area (Å²) in [5, 5.41) is 9.33. The Labute approximate surface area is 140 Å². The quantitative estimate of drug-likeness (QED) is 0.745. The molecule has 0 atom stereocenters. The molecule has 0 radical (unpaired) electrons. The average molecular weight is 344 g/mol. The molecule has 0 aliphatic carbocycles. The van der Waals surface area contributed by atoms with Crippen LogP contribution in [0.3, 0.4) is 0 Å². The first-order chi connectivity index (χ1) is 11.2. The second-order valence-electron chi connectivity index (χ2n) is 4.46. The molecule has 0 aliphatic rings. The van der Waals surface area contributed by atoms with E-state index in [4.69, 9.17) is 0 Å². The lowest BCUT2D eigenvalue weighted by atomic mass is 10.3. The number of amides is 2.